The summed E-state index contributed by atoms with van der Waals surface area (Å²) in [5, 5.41) is 4.12. The number of esters is 1. The lowest BCUT2D eigenvalue weighted by Crippen LogP contribution is -2.31. The van der Waals surface area contributed by atoms with Crippen molar-refractivity contribution >= 4 is 30.8 Å². The second-order valence-electron chi connectivity index (χ2n) is 3.47. The zero-order chi connectivity index (χ0) is 10.1. The molecule has 1 aliphatic heterocycles. The number of nitrogens with two attached hydrogens (primary N) is 1. The van der Waals surface area contributed by atoms with Crippen molar-refractivity contribution < 1.29 is 9.53 Å². The number of ether oxygens (including phenoxy) is 1. The van der Waals surface area contributed by atoms with E-state index in [9.17, 15) is 4.79 Å². The summed E-state index contributed by atoms with van der Waals surface area (Å²) in [6, 6.07) is 0.127. The molecule has 1 aliphatic rings. The molecule has 7 heteroatoms. The topological polar surface area (TPSA) is 70.1 Å². The van der Waals surface area contributed by atoms with Crippen LogP contribution in [0.3, 0.4) is 0 Å². The number of carbonyl (C=O) groups excluding carboxylic acids is 1. The van der Waals surface area contributed by atoms with Gasteiger partial charge in [0, 0.05) is 19.0 Å². The number of aromatic nitrogens is 2. The van der Waals surface area contributed by atoms with E-state index in [2.05, 4.69) is 9.84 Å². The molecule has 0 radical (unpaired) electrons. The molecule has 2 rings (SSSR count). The maximum absolute atomic E-state index is 11.3. The molecular weight excluding hydrogens is 253 g/mol. The van der Waals surface area contributed by atoms with E-state index in [-0.39, 0.29) is 36.8 Å². The highest BCUT2D eigenvalue weighted by molar-refractivity contribution is 5.90. The maximum Gasteiger partial charge on any atom is 0.341 e. The molecule has 0 fully saturated rings. The van der Waals surface area contributed by atoms with E-state index < -0.39 is 0 Å². The minimum Gasteiger partial charge on any atom is -0.465 e. The van der Waals surface area contributed by atoms with Gasteiger partial charge in [-0.05, 0) is 6.42 Å². The smallest absolute Gasteiger partial charge is 0.341 e. The highest BCUT2D eigenvalue weighted by Crippen LogP contribution is 2.17. The third-order valence-electron chi connectivity index (χ3n) is 2.52. The zero-order valence-electron chi connectivity index (χ0n) is 8.88. The average Bonchev–Trinajstić information content (AvgIpc) is 2.59. The standard InChI is InChI=1S/C9H13N3O2.2ClH/c1-14-9(13)7-5-11-12-3-2-6(10)4-8(7)12;;/h5-6H,2-4,10H2,1H3;2*1H. The Hall–Kier alpha value is -0.780. The fourth-order valence-electron chi connectivity index (χ4n) is 1.74. The Morgan fingerprint density at radius 1 is 1.62 bits per heavy atom. The molecule has 0 saturated heterocycles. The van der Waals surface area contributed by atoms with Gasteiger partial charge in [0.25, 0.3) is 0 Å². The molecule has 1 unspecified atom stereocenters. The van der Waals surface area contributed by atoms with Crippen LogP contribution >= 0.6 is 24.8 Å². The Labute approximate surface area is 106 Å². The van der Waals surface area contributed by atoms with Crippen LogP contribution in [0.25, 0.3) is 0 Å². The molecule has 0 aliphatic carbocycles. The number of methoxy groups -OCH3 is 1. The highest BCUT2D eigenvalue weighted by Gasteiger charge is 2.23. The lowest BCUT2D eigenvalue weighted by Gasteiger charge is -2.20. The largest absolute Gasteiger partial charge is 0.465 e. The Bertz CT molecular complexity index is 368. The first-order valence-corrected chi connectivity index (χ1v) is 4.61. The normalized spacial score (nSPS) is 17.8. The molecule has 5 nitrogen and oxygen atoms in total. The second kappa shape index (κ2) is 6.08. The summed E-state index contributed by atoms with van der Waals surface area (Å²) >= 11 is 0. The van der Waals surface area contributed by atoms with Gasteiger partial charge in [0.05, 0.1) is 19.0 Å². The van der Waals surface area contributed by atoms with Gasteiger partial charge >= 0.3 is 5.97 Å². The predicted octanol–water partition coefficient (Wildman–Crippen LogP) is 0.787. The summed E-state index contributed by atoms with van der Waals surface area (Å²) < 4.78 is 6.49. The monoisotopic (exact) mass is 267 g/mol. The van der Waals surface area contributed by atoms with Crippen molar-refractivity contribution in [3.63, 3.8) is 0 Å². The first kappa shape index (κ1) is 15.2. The third-order valence-corrected chi connectivity index (χ3v) is 2.52. The maximum atomic E-state index is 11.3. The number of rotatable bonds is 1. The van der Waals surface area contributed by atoms with E-state index in [4.69, 9.17) is 5.73 Å². The van der Waals surface area contributed by atoms with Gasteiger partial charge in [-0.15, -0.1) is 24.8 Å². The molecule has 0 amide bonds. The number of hydrogen-bond acceptors (Lipinski definition) is 4. The Balaban J connectivity index is 0.00000112. The molecule has 1 aromatic heterocycles. The van der Waals surface area contributed by atoms with Crippen LogP contribution in [0, 0.1) is 0 Å². The van der Waals surface area contributed by atoms with Crippen molar-refractivity contribution in [2.45, 2.75) is 25.4 Å². The Morgan fingerprint density at radius 3 is 2.94 bits per heavy atom. The van der Waals surface area contributed by atoms with Crippen LogP contribution in [0.4, 0.5) is 0 Å². The fraction of sp³-hybridized carbons (Fsp3) is 0.556. The lowest BCUT2D eigenvalue weighted by molar-refractivity contribution is 0.0599. The number of halogens is 2. The first-order valence-electron chi connectivity index (χ1n) is 4.61. The molecule has 0 aromatic carbocycles. The summed E-state index contributed by atoms with van der Waals surface area (Å²) in [5.41, 5.74) is 7.27. The van der Waals surface area contributed by atoms with E-state index in [1.165, 1.54) is 7.11 Å². The quantitative estimate of drug-likeness (QED) is 0.764. The van der Waals surface area contributed by atoms with Crippen molar-refractivity contribution in [3.05, 3.63) is 17.5 Å². The molecule has 1 aromatic rings. The van der Waals surface area contributed by atoms with Crippen molar-refractivity contribution in [1.82, 2.24) is 9.78 Å². The molecular formula is C9H15Cl2N3O2. The minimum absolute atomic E-state index is 0. The van der Waals surface area contributed by atoms with Gasteiger partial charge in [0.2, 0.25) is 0 Å². The van der Waals surface area contributed by atoms with Crippen molar-refractivity contribution in [3.8, 4) is 0 Å². The summed E-state index contributed by atoms with van der Waals surface area (Å²) in [6.45, 7) is 0.785. The summed E-state index contributed by atoms with van der Waals surface area (Å²) in [7, 11) is 1.37. The molecule has 2 N–H and O–H groups in total. The van der Waals surface area contributed by atoms with Gasteiger partial charge in [-0.1, -0.05) is 0 Å². The van der Waals surface area contributed by atoms with Gasteiger partial charge in [-0.25, -0.2) is 4.79 Å². The van der Waals surface area contributed by atoms with Crippen LogP contribution in [0.5, 0.6) is 0 Å². The van der Waals surface area contributed by atoms with Crippen LogP contribution < -0.4 is 5.73 Å². The van der Waals surface area contributed by atoms with Gasteiger partial charge < -0.3 is 10.5 Å². The van der Waals surface area contributed by atoms with E-state index in [0.29, 0.717) is 12.0 Å². The molecule has 92 valence electrons. The van der Waals surface area contributed by atoms with E-state index in [1.807, 2.05) is 4.68 Å². The zero-order valence-corrected chi connectivity index (χ0v) is 10.5. The fourth-order valence-corrected chi connectivity index (χ4v) is 1.74. The highest BCUT2D eigenvalue weighted by atomic mass is 35.5. The lowest BCUT2D eigenvalue weighted by atomic mass is 10.0. The Morgan fingerprint density at radius 2 is 2.31 bits per heavy atom. The SMILES string of the molecule is COC(=O)c1cnn2c1CC(N)CC2.Cl.Cl. The van der Waals surface area contributed by atoms with E-state index in [0.717, 1.165) is 18.7 Å². The predicted molar refractivity (Wildman–Crippen MR) is 64.4 cm³/mol. The minimum atomic E-state index is -0.333. The number of fused-ring (bicyclic) bond motifs is 1. The van der Waals surface area contributed by atoms with Crippen molar-refractivity contribution in [1.29, 1.82) is 0 Å². The molecule has 0 bridgehead atoms. The van der Waals surface area contributed by atoms with E-state index in [1.54, 1.807) is 6.20 Å². The van der Waals surface area contributed by atoms with Crippen LogP contribution in [0.1, 0.15) is 22.5 Å². The van der Waals surface area contributed by atoms with Crippen LogP contribution in [-0.4, -0.2) is 28.9 Å². The first-order chi connectivity index (χ1) is 6.72. The van der Waals surface area contributed by atoms with Gasteiger partial charge in [-0.3, -0.25) is 4.68 Å². The average molecular weight is 268 g/mol. The summed E-state index contributed by atoms with van der Waals surface area (Å²) in [5.74, 6) is -0.333. The number of nitrogens with zero attached hydrogens (tertiary/aromatic N) is 2. The molecule has 2 heterocycles. The van der Waals surface area contributed by atoms with Crippen LogP contribution in [-0.2, 0) is 17.7 Å². The van der Waals surface area contributed by atoms with Crippen molar-refractivity contribution in [2.75, 3.05) is 7.11 Å². The number of aryl methyl sites for hydroxylation is 1. The third kappa shape index (κ3) is 2.66. The van der Waals surface area contributed by atoms with Crippen LogP contribution in [0.15, 0.2) is 6.20 Å². The van der Waals surface area contributed by atoms with Crippen LogP contribution in [0.2, 0.25) is 0 Å². The molecule has 0 spiro atoms. The second-order valence-corrected chi connectivity index (χ2v) is 3.47. The molecule has 1 atom stereocenters. The Kier molecular flexibility index (Phi) is 5.78. The summed E-state index contributed by atoms with van der Waals surface area (Å²) in [6.07, 6.45) is 3.17. The van der Waals surface area contributed by atoms with Gasteiger partial charge in [-0.2, -0.15) is 5.10 Å². The molecule has 16 heavy (non-hydrogen) atoms. The number of carbonyl (C=O) groups is 1. The van der Waals surface area contributed by atoms with E-state index >= 15 is 0 Å². The van der Waals surface area contributed by atoms with Crippen molar-refractivity contribution in [2.24, 2.45) is 5.73 Å². The number of hydrogen-bond donors (Lipinski definition) is 1. The molecule has 0 saturated carbocycles. The van der Waals surface area contributed by atoms with Gasteiger partial charge in [0.1, 0.15) is 5.56 Å². The van der Waals surface area contributed by atoms with Gasteiger partial charge in [0.15, 0.2) is 0 Å². The summed E-state index contributed by atoms with van der Waals surface area (Å²) in [4.78, 5) is 11.3.